The van der Waals surface area contributed by atoms with Gasteiger partial charge in [0.15, 0.2) is 0 Å². The Labute approximate surface area is 90.2 Å². The first-order valence-corrected chi connectivity index (χ1v) is 5.16. The smallest absolute Gasteiger partial charge is 0.331 e. The monoisotopic (exact) mass is 216 g/mol. The van der Waals surface area contributed by atoms with E-state index in [1.165, 1.54) is 0 Å². The fourth-order valence-electron chi connectivity index (χ4n) is 1.46. The highest BCUT2D eigenvalue weighted by Crippen LogP contribution is 2.22. The molecule has 0 aromatic rings. The lowest BCUT2D eigenvalue weighted by atomic mass is 9.88. The summed E-state index contributed by atoms with van der Waals surface area (Å²) in [5, 5.41) is 27.5. The van der Waals surface area contributed by atoms with Gasteiger partial charge in [-0.05, 0) is 32.1 Å². The lowest BCUT2D eigenvalue weighted by Gasteiger charge is -2.20. The number of aliphatic hydroxyl groups excluding tert-OH is 2. The lowest BCUT2D eigenvalue weighted by Crippen LogP contribution is -2.21. The maximum absolute atomic E-state index is 10.7. The molecule has 0 bridgehead atoms. The predicted octanol–water partition coefficient (Wildman–Crippen LogP) is 1.18. The quantitative estimate of drug-likeness (QED) is 0.558. The molecular weight excluding hydrogens is 196 g/mol. The Hall–Kier alpha value is -0.870. The van der Waals surface area contributed by atoms with Crippen molar-refractivity contribution < 1.29 is 20.1 Å². The van der Waals surface area contributed by atoms with E-state index in [1.807, 2.05) is 6.92 Å². The third kappa shape index (κ3) is 5.54. The largest absolute Gasteiger partial charge is 0.478 e. The molecule has 0 saturated heterocycles. The summed E-state index contributed by atoms with van der Waals surface area (Å²) < 4.78 is 0. The van der Waals surface area contributed by atoms with Crippen LogP contribution in [-0.2, 0) is 4.79 Å². The molecule has 0 radical (unpaired) electrons. The van der Waals surface area contributed by atoms with Crippen molar-refractivity contribution in [1.29, 1.82) is 0 Å². The standard InChI is InChI=1S/C11H20O4/c1-4-10(13)6-9(5-7(2)12)8(3)11(14)15/h7,9-10,12-13H,3-6H2,1-2H3,(H,14,15). The molecule has 3 unspecified atom stereocenters. The van der Waals surface area contributed by atoms with E-state index in [0.717, 1.165) is 0 Å². The molecule has 3 atom stereocenters. The zero-order valence-electron chi connectivity index (χ0n) is 9.31. The van der Waals surface area contributed by atoms with Gasteiger partial charge >= 0.3 is 5.97 Å². The Morgan fingerprint density at radius 2 is 1.87 bits per heavy atom. The molecule has 4 heteroatoms. The van der Waals surface area contributed by atoms with Gasteiger partial charge in [0.1, 0.15) is 0 Å². The SMILES string of the molecule is C=C(C(=O)O)C(CC(C)O)CC(O)CC. The average molecular weight is 216 g/mol. The van der Waals surface area contributed by atoms with Gasteiger partial charge in [0, 0.05) is 5.57 Å². The molecule has 88 valence electrons. The summed E-state index contributed by atoms with van der Waals surface area (Å²) in [6.45, 7) is 6.90. The van der Waals surface area contributed by atoms with Crippen molar-refractivity contribution in [1.82, 2.24) is 0 Å². The third-order valence-corrected chi connectivity index (χ3v) is 2.42. The molecule has 4 nitrogen and oxygen atoms in total. The van der Waals surface area contributed by atoms with Crippen LogP contribution in [0.3, 0.4) is 0 Å². The number of carboxylic acids is 1. The predicted molar refractivity (Wildman–Crippen MR) is 57.5 cm³/mol. The van der Waals surface area contributed by atoms with E-state index in [-0.39, 0.29) is 11.5 Å². The van der Waals surface area contributed by atoms with Gasteiger partial charge in [-0.15, -0.1) is 0 Å². The number of aliphatic hydroxyl groups is 2. The average Bonchev–Trinajstić information content (AvgIpc) is 2.14. The first-order valence-electron chi connectivity index (χ1n) is 5.16. The van der Waals surface area contributed by atoms with Gasteiger partial charge in [-0.1, -0.05) is 13.5 Å². The van der Waals surface area contributed by atoms with Crippen LogP contribution in [-0.4, -0.2) is 33.5 Å². The van der Waals surface area contributed by atoms with E-state index < -0.39 is 18.2 Å². The maximum Gasteiger partial charge on any atom is 0.331 e. The van der Waals surface area contributed by atoms with Crippen molar-refractivity contribution in [3.05, 3.63) is 12.2 Å². The van der Waals surface area contributed by atoms with Crippen molar-refractivity contribution in [3.63, 3.8) is 0 Å². The Bertz CT molecular complexity index is 223. The van der Waals surface area contributed by atoms with Crippen molar-refractivity contribution in [2.24, 2.45) is 5.92 Å². The number of hydrogen-bond donors (Lipinski definition) is 3. The van der Waals surface area contributed by atoms with Gasteiger partial charge in [0.05, 0.1) is 12.2 Å². The maximum atomic E-state index is 10.7. The van der Waals surface area contributed by atoms with Crippen molar-refractivity contribution in [3.8, 4) is 0 Å². The minimum Gasteiger partial charge on any atom is -0.478 e. The van der Waals surface area contributed by atoms with Gasteiger partial charge < -0.3 is 15.3 Å². The first kappa shape index (κ1) is 14.1. The molecule has 0 fully saturated rings. The molecule has 0 spiro atoms. The van der Waals surface area contributed by atoms with Crippen molar-refractivity contribution >= 4 is 5.97 Å². The highest BCUT2D eigenvalue weighted by molar-refractivity contribution is 5.86. The second-order valence-corrected chi connectivity index (χ2v) is 3.91. The van der Waals surface area contributed by atoms with Gasteiger partial charge in [-0.25, -0.2) is 4.79 Å². The van der Waals surface area contributed by atoms with Crippen LogP contribution >= 0.6 is 0 Å². The van der Waals surface area contributed by atoms with E-state index in [2.05, 4.69) is 6.58 Å². The Morgan fingerprint density at radius 3 is 2.20 bits per heavy atom. The third-order valence-electron chi connectivity index (χ3n) is 2.42. The minimum atomic E-state index is -1.07. The number of carbonyl (C=O) groups is 1. The van der Waals surface area contributed by atoms with Crippen LogP contribution in [0.25, 0.3) is 0 Å². The molecule has 0 aromatic carbocycles. The molecule has 0 aliphatic carbocycles. The van der Waals surface area contributed by atoms with Crippen LogP contribution in [0.2, 0.25) is 0 Å². The molecule has 0 aromatic heterocycles. The number of rotatable bonds is 7. The van der Waals surface area contributed by atoms with Crippen LogP contribution < -0.4 is 0 Å². The molecule has 15 heavy (non-hydrogen) atoms. The van der Waals surface area contributed by atoms with E-state index in [4.69, 9.17) is 5.11 Å². The number of carboxylic acid groups (broad SMARTS) is 1. The van der Waals surface area contributed by atoms with Crippen LogP contribution in [0.1, 0.15) is 33.1 Å². The summed E-state index contributed by atoms with van der Waals surface area (Å²) in [6, 6.07) is 0. The van der Waals surface area contributed by atoms with Crippen molar-refractivity contribution in [2.75, 3.05) is 0 Å². The fourth-order valence-corrected chi connectivity index (χ4v) is 1.46. The molecular formula is C11H20O4. The van der Waals surface area contributed by atoms with Crippen LogP contribution in [0.4, 0.5) is 0 Å². The second kappa shape index (κ2) is 6.58. The van der Waals surface area contributed by atoms with Gasteiger partial charge in [0.2, 0.25) is 0 Å². The molecule has 0 amide bonds. The zero-order chi connectivity index (χ0) is 12.0. The summed E-state index contributed by atoms with van der Waals surface area (Å²) in [5.74, 6) is -1.43. The van der Waals surface area contributed by atoms with Gasteiger partial charge in [0.25, 0.3) is 0 Å². The first-order chi connectivity index (χ1) is 6.88. The molecule has 0 saturated carbocycles. The van der Waals surface area contributed by atoms with Gasteiger partial charge in [-0.3, -0.25) is 0 Å². The van der Waals surface area contributed by atoms with Crippen LogP contribution in [0, 0.1) is 5.92 Å². The normalized spacial score (nSPS) is 16.8. The van der Waals surface area contributed by atoms with Crippen LogP contribution in [0.15, 0.2) is 12.2 Å². The number of hydrogen-bond acceptors (Lipinski definition) is 3. The topological polar surface area (TPSA) is 77.8 Å². The molecule has 0 rings (SSSR count). The van der Waals surface area contributed by atoms with Gasteiger partial charge in [-0.2, -0.15) is 0 Å². The molecule has 0 heterocycles. The Balaban J connectivity index is 4.43. The molecule has 0 aliphatic rings. The summed E-state index contributed by atoms with van der Waals surface area (Å²) in [4.78, 5) is 10.7. The Kier molecular flexibility index (Phi) is 6.20. The summed E-state index contributed by atoms with van der Waals surface area (Å²) in [5.41, 5.74) is 0.0587. The van der Waals surface area contributed by atoms with Crippen molar-refractivity contribution in [2.45, 2.75) is 45.3 Å². The second-order valence-electron chi connectivity index (χ2n) is 3.91. The fraction of sp³-hybridized carbons (Fsp3) is 0.727. The molecule has 0 aliphatic heterocycles. The minimum absolute atomic E-state index is 0.0587. The Morgan fingerprint density at radius 1 is 1.33 bits per heavy atom. The highest BCUT2D eigenvalue weighted by atomic mass is 16.4. The number of aliphatic carboxylic acids is 1. The van der Waals surface area contributed by atoms with E-state index in [1.54, 1.807) is 6.92 Å². The van der Waals surface area contributed by atoms with E-state index in [0.29, 0.717) is 19.3 Å². The van der Waals surface area contributed by atoms with E-state index >= 15 is 0 Å². The molecule has 3 N–H and O–H groups in total. The zero-order valence-corrected chi connectivity index (χ0v) is 9.31. The summed E-state index contributed by atoms with van der Waals surface area (Å²) in [7, 11) is 0. The summed E-state index contributed by atoms with van der Waals surface area (Å²) >= 11 is 0. The highest BCUT2D eigenvalue weighted by Gasteiger charge is 2.22. The lowest BCUT2D eigenvalue weighted by molar-refractivity contribution is -0.133. The summed E-state index contributed by atoms with van der Waals surface area (Å²) in [6.07, 6.45) is 0.109. The van der Waals surface area contributed by atoms with E-state index in [9.17, 15) is 15.0 Å². The van der Waals surface area contributed by atoms with Crippen LogP contribution in [0.5, 0.6) is 0 Å².